The summed E-state index contributed by atoms with van der Waals surface area (Å²) in [6.07, 6.45) is 2.95. The SMILES string of the molecule is Cn1cncc(CN)c1=O. The summed E-state index contributed by atoms with van der Waals surface area (Å²) in [4.78, 5) is 14.8. The van der Waals surface area contributed by atoms with Gasteiger partial charge in [-0.1, -0.05) is 0 Å². The summed E-state index contributed by atoms with van der Waals surface area (Å²) in [5.74, 6) is 0. The molecule has 0 aliphatic rings. The molecular weight excluding hydrogens is 130 g/mol. The highest BCUT2D eigenvalue weighted by molar-refractivity contribution is 5.02. The van der Waals surface area contributed by atoms with E-state index in [-0.39, 0.29) is 12.1 Å². The number of nitrogens with two attached hydrogens (primary N) is 1. The molecule has 0 bridgehead atoms. The van der Waals surface area contributed by atoms with E-state index >= 15 is 0 Å². The van der Waals surface area contributed by atoms with Crippen LogP contribution >= 0.6 is 0 Å². The summed E-state index contributed by atoms with van der Waals surface area (Å²) in [5, 5.41) is 0. The third kappa shape index (κ3) is 1.06. The van der Waals surface area contributed by atoms with E-state index in [0.29, 0.717) is 5.56 Å². The lowest BCUT2D eigenvalue weighted by molar-refractivity contribution is 0.794. The van der Waals surface area contributed by atoms with Crippen molar-refractivity contribution in [1.29, 1.82) is 0 Å². The van der Waals surface area contributed by atoms with Gasteiger partial charge in [0.1, 0.15) is 0 Å². The Labute approximate surface area is 58.3 Å². The molecular formula is C6H9N3O. The zero-order chi connectivity index (χ0) is 7.56. The Bertz CT molecular complexity index is 279. The average molecular weight is 139 g/mol. The fraction of sp³-hybridized carbons (Fsp3) is 0.333. The smallest absolute Gasteiger partial charge is 0.257 e. The van der Waals surface area contributed by atoms with Crippen LogP contribution in [0.25, 0.3) is 0 Å². The third-order valence-corrected chi connectivity index (χ3v) is 1.29. The molecule has 10 heavy (non-hydrogen) atoms. The van der Waals surface area contributed by atoms with Gasteiger partial charge in [0.15, 0.2) is 0 Å². The standard InChI is InChI=1S/C6H9N3O/c1-9-4-8-3-5(2-7)6(9)10/h3-4H,2,7H2,1H3. The zero-order valence-electron chi connectivity index (χ0n) is 5.74. The van der Waals surface area contributed by atoms with Crippen LogP contribution in [0.3, 0.4) is 0 Å². The molecule has 0 aromatic carbocycles. The lowest BCUT2D eigenvalue weighted by Crippen LogP contribution is -2.22. The minimum atomic E-state index is -0.0718. The number of aromatic nitrogens is 2. The van der Waals surface area contributed by atoms with E-state index in [1.807, 2.05) is 0 Å². The second kappa shape index (κ2) is 2.62. The summed E-state index contributed by atoms with van der Waals surface area (Å²) < 4.78 is 1.40. The number of aryl methyl sites for hydroxylation is 1. The van der Waals surface area contributed by atoms with Gasteiger partial charge >= 0.3 is 0 Å². The van der Waals surface area contributed by atoms with E-state index in [1.54, 1.807) is 7.05 Å². The molecule has 0 radical (unpaired) electrons. The Hall–Kier alpha value is -1.16. The van der Waals surface area contributed by atoms with Gasteiger partial charge in [0.25, 0.3) is 5.56 Å². The Morgan fingerprint density at radius 2 is 2.50 bits per heavy atom. The van der Waals surface area contributed by atoms with Crippen molar-refractivity contribution in [2.24, 2.45) is 12.8 Å². The molecule has 0 aliphatic carbocycles. The zero-order valence-corrected chi connectivity index (χ0v) is 5.74. The molecule has 4 nitrogen and oxygen atoms in total. The first-order valence-electron chi connectivity index (χ1n) is 2.95. The Balaban J connectivity index is 3.28. The van der Waals surface area contributed by atoms with Crippen LogP contribution in [0.4, 0.5) is 0 Å². The molecule has 1 heterocycles. The van der Waals surface area contributed by atoms with Crippen molar-refractivity contribution < 1.29 is 0 Å². The number of nitrogens with zero attached hydrogens (tertiary/aromatic N) is 2. The van der Waals surface area contributed by atoms with Gasteiger partial charge in [-0.25, -0.2) is 4.98 Å². The van der Waals surface area contributed by atoms with Crippen molar-refractivity contribution in [3.63, 3.8) is 0 Å². The summed E-state index contributed by atoms with van der Waals surface area (Å²) in [6.45, 7) is 0.251. The fourth-order valence-electron chi connectivity index (χ4n) is 0.697. The molecule has 2 N–H and O–H groups in total. The van der Waals surface area contributed by atoms with Crippen LogP contribution in [0.1, 0.15) is 5.56 Å². The van der Waals surface area contributed by atoms with Crippen LogP contribution in [0.2, 0.25) is 0 Å². The van der Waals surface area contributed by atoms with Crippen LogP contribution in [0, 0.1) is 0 Å². The Morgan fingerprint density at radius 3 is 3.00 bits per heavy atom. The van der Waals surface area contributed by atoms with Crippen LogP contribution in [-0.2, 0) is 13.6 Å². The maximum atomic E-state index is 11.0. The lowest BCUT2D eigenvalue weighted by atomic mass is 10.3. The fourth-order valence-corrected chi connectivity index (χ4v) is 0.697. The van der Waals surface area contributed by atoms with Crippen molar-refractivity contribution in [3.05, 3.63) is 28.4 Å². The predicted octanol–water partition coefficient (Wildman–Crippen LogP) is -0.761. The van der Waals surface area contributed by atoms with Gasteiger partial charge in [-0.3, -0.25) is 4.79 Å². The Morgan fingerprint density at radius 1 is 1.80 bits per heavy atom. The highest BCUT2D eigenvalue weighted by Crippen LogP contribution is 1.82. The van der Waals surface area contributed by atoms with Gasteiger partial charge in [0.05, 0.1) is 6.33 Å². The second-order valence-corrected chi connectivity index (χ2v) is 2.04. The van der Waals surface area contributed by atoms with Crippen molar-refractivity contribution in [1.82, 2.24) is 9.55 Å². The molecule has 1 rings (SSSR count). The molecule has 0 saturated heterocycles. The molecule has 1 aromatic heterocycles. The maximum absolute atomic E-state index is 11.0. The van der Waals surface area contributed by atoms with E-state index in [9.17, 15) is 4.79 Å². The van der Waals surface area contributed by atoms with Gasteiger partial charge in [-0.15, -0.1) is 0 Å². The van der Waals surface area contributed by atoms with Crippen molar-refractivity contribution in [2.45, 2.75) is 6.54 Å². The molecule has 0 unspecified atom stereocenters. The van der Waals surface area contributed by atoms with E-state index < -0.39 is 0 Å². The van der Waals surface area contributed by atoms with Gasteiger partial charge in [0, 0.05) is 25.4 Å². The molecule has 1 aromatic rings. The summed E-state index contributed by atoms with van der Waals surface area (Å²) in [5.41, 5.74) is 5.74. The summed E-state index contributed by atoms with van der Waals surface area (Å²) in [7, 11) is 1.65. The van der Waals surface area contributed by atoms with Crippen LogP contribution in [-0.4, -0.2) is 9.55 Å². The van der Waals surface area contributed by atoms with E-state index in [4.69, 9.17) is 5.73 Å². The molecule has 0 spiro atoms. The first-order chi connectivity index (χ1) is 4.75. The first kappa shape index (κ1) is 6.95. The molecule has 0 amide bonds. The van der Waals surface area contributed by atoms with Crippen molar-refractivity contribution >= 4 is 0 Å². The number of rotatable bonds is 1. The lowest BCUT2D eigenvalue weighted by Gasteiger charge is -1.96. The van der Waals surface area contributed by atoms with Gasteiger partial charge < -0.3 is 10.3 Å². The number of hydrogen-bond acceptors (Lipinski definition) is 3. The topological polar surface area (TPSA) is 60.9 Å². The quantitative estimate of drug-likeness (QED) is 0.556. The average Bonchev–Trinajstić information content (AvgIpc) is 1.95. The van der Waals surface area contributed by atoms with Gasteiger partial charge in [-0.2, -0.15) is 0 Å². The molecule has 54 valence electrons. The minimum Gasteiger partial charge on any atom is -0.326 e. The first-order valence-corrected chi connectivity index (χ1v) is 2.95. The molecule has 0 aliphatic heterocycles. The van der Waals surface area contributed by atoms with Crippen LogP contribution in [0.5, 0.6) is 0 Å². The Kier molecular flexibility index (Phi) is 1.82. The van der Waals surface area contributed by atoms with E-state index in [0.717, 1.165) is 0 Å². The summed E-state index contributed by atoms with van der Waals surface area (Å²) >= 11 is 0. The monoisotopic (exact) mass is 139 g/mol. The van der Waals surface area contributed by atoms with Crippen LogP contribution < -0.4 is 11.3 Å². The van der Waals surface area contributed by atoms with Gasteiger partial charge in [0.2, 0.25) is 0 Å². The molecule has 4 heteroatoms. The maximum Gasteiger partial charge on any atom is 0.257 e. The van der Waals surface area contributed by atoms with Crippen molar-refractivity contribution in [2.75, 3.05) is 0 Å². The third-order valence-electron chi connectivity index (χ3n) is 1.29. The highest BCUT2D eigenvalue weighted by atomic mass is 16.1. The van der Waals surface area contributed by atoms with E-state index in [1.165, 1.54) is 17.1 Å². The highest BCUT2D eigenvalue weighted by Gasteiger charge is 1.96. The predicted molar refractivity (Wildman–Crippen MR) is 37.4 cm³/mol. The molecule has 0 saturated carbocycles. The van der Waals surface area contributed by atoms with Crippen molar-refractivity contribution in [3.8, 4) is 0 Å². The largest absolute Gasteiger partial charge is 0.326 e. The normalized spacial score (nSPS) is 9.80. The molecule has 0 fully saturated rings. The van der Waals surface area contributed by atoms with Gasteiger partial charge in [-0.05, 0) is 0 Å². The number of hydrogen-bond donors (Lipinski definition) is 1. The van der Waals surface area contributed by atoms with Crippen LogP contribution in [0.15, 0.2) is 17.3 Å². The van der Waals surface area contributed by atoms with E-state index in [2.05, 4.69) is 4.98 Å². The second-order valence-electron chi connectivity index (χ2n) is 2.04. The summed E-state index contributed by atoms with van der Waals surface area (Å²) in [6, 6.07) is 0. The minimum absolute atomic E-state index is 0.0718. The molecule has 0 atom stereocenters.